The third-order valence-electron chi connectivity index (χ3n) is 7.59. The smallest absolute Gasteiger partial charge is 0.247 e. The van der Waals surface area contributed by atoms with Gasteiger partial charge in [-0.1, -0.05) is 25.0 Å². The number of carbonyl (C=O) groups excluding carboxylic acids is 2. The predicted octanol–water partition coefficient (Wildman–Crippen LogP) is 3.07. The van der Waals surface area contributed by atoms with Crippen LogP contribution in [0.5, 0.6) is 11.5 Å². The number of nitrogens with one attached hydrogen (secondary N) is 1. The van der Waals surface area contributed by atoms with E-state index in [-0.39, 0.29) is 44.5 Å². The van der Waals surface area contributed by atoms with E-state index in [0.717, 1.165) is 25.7 Å². The molecule has 41 heavy (non-hydrogen) atoms. The maximum atomic E-state index is 13.9. The van der Waals surface area contributed by atoms with Gasteiger partial charge >= 0.3 is 0 Å². The zero-order valence-electron chi connectivity index (χ0n) is 22.9. The molecule has 0 aromatic heterocycles. The van der Waals surface area contributed by atoms with Crippen LogP contribution in [0.15, 0.2) is 48.0 Å². The lowest BCUT2D eigenvalue weighted by molar-refractivity contribution is -0.143. The molecule has 2 amide bonds. The number of methoxy groups -OCH3 is 1. The van der Waals surface area contributed by atoms with Crippen LogP contribution in [0, 0.1) is 15.3 Å². The number of carbonyl (C=O) groups is 2. The third kappa shape index (κ3) is 7.56. The van der Waals surface area contributed by atoms with Crippen molar-refractivity contribution in [2.24, 2.45) is 5.92 Å². The zero-order chi connectivity index (χ0) is 29.5. The minimum Gasteiger partial charge on any atom is -0.493 e. The van der Waals surface area contributed by atoms with Crippen molar-refractivity contribution < 1.29 is 38.8 Å². The predicted molar refractivity (Wildman–Crippen MR) is 158 cm³/mol. The first-order valence-electron chi connectivity index (χ1n) is 13.7. The molecule has 11 heteroatoms. The quantitative estimate of drug-likeness (QED) is 0.269. The first kappa shape index (κ1) is 31.2. The second-order valence-corrected chi connectivity index (χ2v) is 11.5. The Morgan fingerprint density at radius 3 is 2.46 bits per heavy atom. The monoisotopic (exact) mass is 682 g/mol. The molecule has 0 unspecified atom stereocenters. The maximum Gasteiger partial charge on any atom is 0.247 e. The van der Waals surface area contributed by atoms with E-state index in [4.69, 9.17) is 9.47 Å². The number of amides is 2. The van der Waals surface area contributed by atoms with Crippen molar-refractivity contribution in [1.29, 1.82) is 0 Å². The molecule has 2 aromatic rings. The lowest BCUT2D eigenvalue weighted by atomic mass is 9.87. The summed E-state index contributed by atoms with van der Waals surface area (Å²) in [5.41, 5.74) is 1.62. The summed E-state index contributed by atoms with van der Waals surface area (Å²) in [5.74, 6) is -0.474. The molecule has 0 heterocycles. The number of ether oxygens (including phenoxy) is 2. The van der Waals surface area contributed by atoms with Crippen LogP contribution in [-0.4, -0.2) is 70.5 Å². The van der Waals surface area contributed by atoms with Crippen molar-refractivity contribution in [3.05, 3.63) is 68.6 Å². The standard InChI is InChI=1S/C30H36FIN2O7/c1-40-26-13-19(17-36)12-23(32)28(26)41-25-15-21(29(38)33-10-11-35)14-24(27(25)37)34(30(39)20-4-2-3-5-20)16-18-6-8-22(31)9-7-18/h6-9,12-13,15,20,24-25,27,35-37H,2-5,10-11,14,16-17H2,1H3,(H,33,38)/t24-,25+,27+/m1/s1. The Hall–Kier alpha value is -2.74. The van der Waals surface area contributed by atoms with Crippen LogP contribution in [0.3, 0.4) is 0 Å². The largest absolute Gasteiger partial charge is 0.493 e. The molecule has 2 aromatic carbocycles. The van der Waals surface area contributed by atoms with Gasteiger partial charge in [-0.2, -0.15) is 0 Å². The van der Waals surface area contributed by atoms with E-state index >= 15 is 0 Å². The van der Waals surface area contributed by atoms with E-state index in [2.05, 4.69) is 27.9 Å². The fourth-order valence-electron chi connectivity index (χ4n) is 5.45. The number of aliphatic hydroxyl groups excluding tert-OH is 3. The fourth-order valence-corrected chi connectivity index (χ4v) is 6.24. The maximum absolute atomic E-state index is 13.9. The van der Waals surface area contributed by atoms with Crippen LogP contribution in [0.25, 0.3) is 0 Å². The van der Waals surface area contributed by atoms with Gasteiger partial charge in [0, 0.05) is 31.0 Å². The van der Waals surface area contributed by atoms with Gasteiger partial charge in [0.2, 0.25) is 11.8 Å². The van der Waals surface area contributed by atoms with E-state index in [1.165, 1.54) is 19.2 Å². The van der Waals surface area contributed by atoms with Gasteiger partial charge in [0.15, 0.2) is 11.5 Å². The van der Waals surface area contributed by atoms with E-state index in [9.17, 15) is 29.3 Å². The number of halogens is 2. The summed E-state index contributed by atoms with van der Waals surface area (Å²) in [6.45, 7) is -0.267. The Labute approximate surface area is 252 Å². The molecular weight excluding hydrogens is 646 g/mol. The highest BCUT2D eigenvalue weighted by Crippen LogP contribution is 2.38. The second kappa shape index (κ2) is 14.4. The molecule has 0 saturated heterocycles. The molecule has 3 atom stereocenters. The first-order chi connectivity index (χ1) is 19.7. The van der Waals surface area contributed by atoms with Gasteiger partial charge in [-0.25, -0.2) is 4.39 Å². The molecule has 4 rings (SSSR count). The average Bonchev–Trinajstić information content (AvgIpc) is 3.52. The van der Waals surface area contributed by atoms with Gasteiger partial charge < -0.3 is 35.0 Å². The van der Waals surface area contributed by atoms with Crippen LogP contribution in [0.4, 0.5) is 4.39 Å². The van der Waals surface area contributed by atoms with Gasteiger partial charge in [0.05, 0.1) is 29.9 Å². The minimum absolute atomic E-state index is 0.0452. The molecule has 1 saturated carbocycles. The van der Waals surface area contributed by atoms with Gasteiger partial charge in [-0.05, 0) is 76.9 Å². The summed E-state index contributed by atoms with van der Waals surface area (Å²) in [6.07, 6.45) is 2.73. The normalized spacial score (nSPS) is 20.8. The van der Waals surface area contributed by atoms with Crippen molar-refractivity contribution >= 4 is 34.4 Å². The van der Waals surface area contributed by atoms with Crippen molar-refractivity contribution in [3.8, 4) is 11.5 Å². The van der Waals surface area contributed by atoms with Crippen LogP contribution >= 0.6 is 22.6 Å². The molecule has 0 radical (unpaired) electrons. The SMILES string of the molecule is COc1cc(CO)cc(I)c1O[C@H]1C=C(C(=O)NCCO)C[C@@H](N(Cc2ccc(F)cc2)C(=O)C2CCCC2)[C@@H]1O. The summed E-state index contributed by atoms with van der Waals surface area (Å²) in [4.78, 5) is 28.6. The summed E-state index contributed by atoms with van der Waals surface area (Å²) in [7, 11) is 1.47. The fraction of sp³-hybridized carbons (Fsp3) is 0.467. The van der Waals surface area contributed by atoms with Crippen LogP contribution in [-0.2, 0) is 22.7 Å². The highest BCUT2D eigenvalue weighted by Gasteiger charge is 2.42. The van der Waals surface area contributed by atoms with Crippen LogP contribution in [0.2, 0.25) is 0 Å². The molecule has 1 fully saturated rings. The molecule has 0 bridgehead atoms. The van der Waals surface area contributed by atoms with Crippen molar-refractivity contribution in [2.45, 2.75) is 63.5 Å². The third-order valence-corrected chi connectivity index (χ3v) is 8.40. The Balaban J connectivity index is 1.72. The molecule has 0 spiro atoms. The van der Waals surface area contributed by atoms with Gasteiger partial charge in [0.1, 0.15) is 18.0 Å². The van der Waals surface area contributed by atoms with Crippen molar-refractivity contribution in [2.75, 3.05) is 20.3 Å². The molecular formula is C30H36FIN2O7. The molecule has 9 nitrogen and oxygen atoms in total. The summed E-state index contributed by atoms with van der Waals surface area (Å²) >= 11 is 2.05. The highest BCUT2D eigenvalue weighted by atomic mass is 127. The highest BCUT2D eigenvalue weighted by molar-refractivity contribution is 14.1. The van der Waals surface area contributed by atoms with Gasteiger partial charge in [-0.15, -0.1) is 0 Å². The van der Waals surface area contributed by atoms with Crippen molar-refractivity contribution in [1.82, 2.24) is 10.2 Å². The number of rotatable bonds is 11. The lowest BCUT2D eigenvalue weighted by Gasteiger charge is -2.41. The van der Waals surface area contributed by atoms with Crippen molar-refractivity contribution in [3.63, 3.8) is 0 Å². The topological polar surface area (TPSA) is 129 Å². The number of hydrogen-bond donors (Lipinski definition) is 4. The van der Waals surface area contributed by atoms with Crippen LogP contribution < -0.4 is 14.8 Å². The molecule has 0 aliphatic heterocycles. The summed E-state index contributed by atoms with van der Waals surface area (Å²) in [6, 6.07) is 8.41. The molecule has 2 aliphatic carbocycles. The Morgan fingerprint density at radius 2 is 1.83 bits per heavy atom. The van der Waals surface area contributed by atoms with E-state index < -0.39 is 30.0 Å². The second-order valence-electron chi connectivity index (χ2n) is 10.4. The summed E-state index contributed by atoms with van der Waals surface area (Å²) < 4.78 is 26.1. The van der Waals surface area contributed by atoms with Gasteiger partial charge in [0.25, 0.3) is 0 Å². The van der Waals surface area contributed by atoms with Crippen LogP contribution in [0.1, 0.15) is 43.2 Å². The molecule has 2 aliphatic rings. The van der Waals surface area contributed by atoms with E-state index in [1.807, 2.05) is 0 Å². The number of benzene rings is 2. The number of aliphatic hydroxyl groups is 3. The minimum atomic E-state index is -1.21. The van der Waals surface area contributed by atoms with E-state index in [1.54, 1.807) is 35.2 Å². The molecule has 4 N–H and O–H groups in total. The number of nitrogens with zero attached hydrogens (tertiary/aromatic N) is 1. The van der Waals surface area contributed by atoms with E-state index in [0.29, 0.717) is 31.8 Å². The Morgan fingerprint density at radius 1 is 1.12 bits per heavy atom. The van der Waals surface area contributed by atoms with Gasteiger partial charge in [-0.3, -0.25) is 9.59 Å². The Bertz CT molecular complexity index is 1250. The molecule has 222 valence electrons. The zero-order valence-corrected chi connectivity index (χ0v) is 25.1. The lowest BCUT2D eigenvalue weighted by Crippen LogP contribution is -2.55. The first-order valence-corrected chi connectivity index (χ1v) is 14.8. The summed E-state index contributed by atoms with van der Waals surface area (Å²) in [5, 5.41) is 33.2. The average molecular weight is 683 g/mol. The Kier molecular flexibility index (Phi) is 11.0. The number of hydrogen-bond acceptors (Lipinski definition) is 7.